The molecule has 0 bridgehead atoms. The summed E-state index contributed by atoms with van der Waals surface area (Å²) in [7, 11) is 0. The zero-order valence-corrected chi connectivity index (χ0v) is 17.6. The molecule has 0 spiro atoms. The van der Waals surface area contributed by atoms with Gasteiger partial charge in [-0.3, -0.25) is 4.79 Å². The van der Waals surface area contributed by atoms with Crippen LogP contribution in [0.4, 0.5) is 0 Å². The molecule has 0 saturated carbocycles. The number of aryl methyl sites for hydroxylation is 3. The maximum Gasteiger partial charge on any atom is 0.284 e. The highest BCUT2D eigenvalue weighted by molar-refractivity contribution is 5.86. The second kappa shape index (κ2) is 8.06. The van der Waals surface area contributed by atoms with Crippen LogP contribution in [0.25, 0.3) is 5.69 Å². The number of para-hydroxylation sites is 3. The fourth-order valence-electron chi connectivity index (χ4n) is 3.81. The first-order valence-electron chi connectivity index (χ1n) is 9.92. The van der Waals surface area contributed by atoms with E-state index >= 15 is 0 Å². The average Bonchev–Trinajstić information content (AvgIpc) is 3.01. The summed E-state index contributed by atoms with van der Waals surface area (Å²) in [6.07, 6.45) is 0.932. The summed E-state index contributed by atoms with van der Waals surface area (Å²) in [5.74, 6) is 0.860. The number of fused-ring (bicyclic) bond motifs is 1. The van der Waals surface area contributed by atoms with E-state index in [1.807, 2.05) is 18.2 Å². The number of hydrogen-bond acceptors (Lipinski definition) is 4. The lowest BCUT2D eigenvalue weighted by atomic mass is 10.1. The van der Waals surface area contributed by atoms with Crippen molar-refractivity contribution < 1.29 is 14.3 Å². The molecule has 2 heterocycles. The lowest BCUT2D eigenvalue weighted by Gasteiger charge is -2.24. The zero-order chi connectivity index (χ0) is 21.3. The van der Waals surface area contributed by atoms with E-state index in [4.69, 9.17) is 9.47 Å². The van der Waals surface area contributed by atoms with Crippen LogP contribution in [0.5, 0.6) is 11.5 Å². The van der Waals surface area contributed by atoms with Crippen LogP contribution < -0.4 is 14.9 Å². The fraction of sp³-hybridized carbons (Fsp3) is 0.250. The van der Waals surface area contributed by atoms with Crippen molar-refractivity contribution in [3.8, 4) is 17.2 Å². The summed E-state index contributed by atoms with van der Waals surface area (Å²) in [6.45, 7) is 8.50. The van der Waals surface area contributed by atoms with Crippen LogP contribution in [0.3, 0.4) is 0 Å². The number of ether oxygens (including phenoxy) is 2. The second-order valence-corrected chi connectivity index (χ2v) is 7.50. The SMILES string of the molecule is Cc1cccc(C)c1-n1c(C)cc(/C=N\NC(=O)[C@@H]2COc3ccccc3O2)c1C. The summed E-state index contributed by atoms with van der Waals surface area (Å²) >= 11 is 0. The number of nitrogens with one attached hydrogen (secondary N) is 1. The number of hydrogen-bond donors (Lipinski definition) is 1. The molecule has 0 aliphatic carbocycles. The Bertz CT molecular complexity index is 1110. The van der Waals surface area contributed by atoms with Gasteiger partial charge in [0.2, 0.25) is 6.10 Å². The molecule has 1 amide bonds. The van der Waals surface area contributed by atoms with Crippen molar-refractivity contribution >= 4 is 12.1 Å². The van der Waals surface area contributed by atoms with E-state index in [2.05, 4.69) is 67.1 Å². The summed E-state index contributed by atoms with van der Waals surface area (Å²) in [5.41, 5.74) is 9.29. The van der Waals surface area contributed by atoms with Crippen molar-refractivity contribution in [3.63, 3.8) is 0 Å². The molecule has 0 unspecified atom stereocenters. The van der Waals surface area contributed by atoms with Gasteiger partial charge >= 0.3 is 0 Å². The highest BCUT2D eigenvalue weighted by Gasteiger charge is 2.27. The van der Waals surface area contributed by atoms with Crippen molar-refractivity contribution in [2.75, 3.05) is 6.61 Å². The minimum atomic E-state index is -0.737. The van der Waals surface area contributed by atoms with E-state index in [-0.39, 0.29) is 12.5 Å². The Labute approximate surface area is 176 Å². The van der Waals surface area contributed by atoms with Gasteiger partial charge in [0, 0.05) is 17.0 Å². The number of rotatable bonds is 4. The van der Waals surface area contributed by atoms with E-state index in [0.29, 0.717) is 11.5 Å². The van der Waals surface area contributed by atoms with E-state index in [9.17, 15) is 4.79 Å². The minimum Gasteiger partial charge on any atom is -0.485 e. The van der Waals surface area contributed by atoms with E-state index in [1.165, 1.54) is 16.8 Å². The van der Waals surface area contributed by atoms with Crippen LogP contribution >= 0.6 is 0 Å². The summed E-state index contributed by atoms with van der Waals surface area (Å²) in [6, 6.07) is 15.6. The highest BCUT2D eigenvalue weighted by Crippen LogP contribution is 2.31. The lowest BCUT2D eigenvalue weighted by molar-refractivity contribution is -0.130. The van der Waals surface area contributed by atoms with E-state index < -0.39 is 6.10 Å². The van der Waals surface area contributed by atoms with Gasteiger partial charge in [-0.15, -0.1) is 0 Å². The third-order valence-corrected chi connectivity index (χ3v) is 5.31. The molecule has 154 valence electrons. The molecule has 2 aromatic carbocycles. The van der Waals surface area contributed by atoms with Crippen molar-refractivity contribution in [2.24, 2.45) is 5.10 Å². The molecular formula is C24H25N3O3. The number of amides is 1. The normalized spacial score (nSPS) is 15.4. The van der Waals surface area contributed by atoms with Crippen LogP contribution in [0.2, 0.25) is 0 Å². The van der Waals surface area contributed by atoms with Gasteiger partial charge in [0.1, 0.15) is 6.61 Å². The van der Waals surface area contributed by atoms with E-state index in [0.717, 1.165) is 17.0 Å². The molecule has 30 heavy (non-hydrogen) atoms. The van der Waals surface area contributed by atoms with Crippen LogP contribution in [-0.4, -0.2) is 29.4 Å². The molecule has 1 aromatic heterocycles. The quantitative estimate of drug-likeness (QED) is 0.529. The van der Waals surface area contributed by atoms with Gasteiger partial charge in [-0.25, -0.2) is 5.43 Å². The maximum atomic E-state index is 12.4. The van der Waals surface area contributed by atoms with Gasteiger partial charge < -0.3 is 14.0 Å². The predicted octanol–water partition coefficient (Wildman–Crippen LogP) is 4.00. The molecule has 1 N–H and O–H groups in total. The first-order chi connectivity index (χ1) is 14.5. The first-order valence-corrected chi connectivity index (χ1v) is 9.92. The zero-order valence-electron chi connectivity index (χ0n) is 17.6. The molecule has 6 nitrogen and oxygen atoms in total. The molecule has 3 aromatic rings. The first kappa shape index (κ1) is 19.8. The third-order valence-electron chi connectivity index (χ3n) is 5.31. The molecule has 0 radical (unpaired) electrons. The van der Waals surface area contributed by atoms with Crippen molar-refractivity contribution in [1.29, 1.82) is 0 Å². The number of benzene rings is 2. The van der Waals surface area contributed by atoms with Gasteiger partial charge in [0.05, 0.1) is 11.9 Å². The Hall–Kier alpha value is -3.54. The van der Waals surface area contributed by atoms with Gasteiger partial charge in [-0.05, 0) is 57.0 Å². The Kier molecular flexibility index (Phi) is 5.31. The van der Waals surface area contributed by atoms with Gasteiger partial charge in [0.25, 0.3) is 5.91 Å². The summed E-state index contributed by atoms with van der Waals surface area (Å²) in [4.78, 5) is 12.4. The van der Waals surface area contributed by atoms with E-state index in [1.54, 1.807) is 12.3 Å². The molecule has 1 aliphatic rings. The molecule has 6 heteroatoms. The highest BCUT2D eigenvalue weighted by atomic mass is 16.6. The number of aromatic nitrogens is 1. The standard InChI is InChI=1S/C24H25N3O3/c1-15-8-7-9-16(2)23(15)27-17(3)12-19(18(27)4)13-25-26-24(28)22-14-29-20-10-5-6-11-21(20)30-22/h5-13,22H,14H2,1-4H3,(H,26,28)/b25-13-/t22-/m0/s1. The van der Waals surface area contributed by atoms with Crippen LogP contribution in [0, 0.1) is 27.7 Å². The van der Waals surface area contributed by atoms with Crippen molar-refractivity contribution in [2.45, 2.75) is 33.8 Å². The molecule has 4 rings (SSSR count). The Morgan fingerprint density at radius 1 is 1.07 bits per heavy atom. The third kappa shape index (κ3) is 3.68. The van der Waals surface area contributed by atoms with Crippen LogP contribution in [-0.2, 0) is 4.79 Å². The van der Waals surface area contributed by atoms with Gasteiger partial charge in [-0.2, -0.15) is 5.10 Å². The molecular weight excluding hydrogens is 378 g/mol. The molecule has 0 fully saturated rings. The summed E-state index contributed by atoms with van der Waals surface area (Å²) in [5, 5.41) is 4.15. The summed E-state index contributed by atoms with van der Waals surface area (Å²) < 4.78 is 13.5. The fourth-order valence-corrected chi connectivity index (χ4v) is 3.81. The minimum absolute atomic E-state index is 0.152. The maximum absolute atomic E-state index is 12.4. The predicted molar refractivity (Wildman–Crippen MR) is 117 cm³/mol. The van der Waals surface area contributed by atoms with Crippen molar-refractivity contribution in [1.82, 2.24) is 9.99 Å². The van der Waals surface area contributed by atoms with Crippen molar-refractivity contribution in [3.05, 3.63) is 76.6 Å². The van der Waals surface area contributed by atoms with Crippen LogP contribution in [0.1, 0.15) is 28.1 Å². The Morgan fingerprint density at radius 2 is 1.77 bits per heavy atom. The average molecular weight is 403 g/mol. The molecule has 1 atom stereocenters. The number of carbonyl (C=O) groups is 1. The van der Waals surface area contributed by atoms with Gasteiger partial charge in [-0.1, -0.05) is 30.3 Å². The number of nitrogens with zero attached hydrogens (tertiary/aromatic N) is 2. The molecule has 1 aliphatic heterocycles. The molecule has 0 saturated heterocycles. The topological polar surface area (TPSA) is 64.9 Å². The second-order valence-electron chi connectivity index (χ2n) is 7.50. The monoisotopic (exact) mass is 403 g/mol. The van der Waals surface area contributed by atoms with Gasteiger partial charge in [0.15, 0.2) is 11.5 Å². The van der Waals surface area contributed by atoms with Crippen LogP contribution in [0.15, 0.2) is 53.6 Å². The number of carbonyl (C=O) groups excluding carboxylic acids is 1. The largest absolute Gasteiger partial charge is 0.485 e. The number of hydrazone groups is 1. The smallest absolute Gasteiger partial charge is 0.284 e. The Balaban J connectivity index is 1.48. The Morgan fingerprint density at radius 3 is 2.50 bits per heavy atom. The lowest BCUT2D eigenvalue weighted by Crippen LogP contribution is -2.42.